The summed E-state index contributed by atoms with van der Waals surface area (Å²) in [5.41, 5.74) is 7.56. The minimum absolute atomic E-state index is 0.00777. The molecular formula is C20H19ClF2N4O4S2. The molecular weight excluding hydrogens is 498 g/mol. The van der Waals surface area contributed by atoms with Crippen LogP contribution >= 0.6 is 22.9 Å². The maximum absolute atomic E-state index is 14.7. The lowest BCUT2D eigenvalue weighted by Crippen LogP contribution is -2.32. The van der Waals surface area contributed by atoms with Gasteiger partial charge in [-0.05, 0) is 30.3 Å². The predicted molar refractivity (Wildman–Crippen MR) is 121 cm³/mol. The van der Waals surface area contributed by atoms with Crippen molar-refractivity contribution in [2.45, 2.75) is 11.1 Å². The first-order valence-electron chi connectivity index (χ1n) is 9.65. The summed E-state index contributed by atoms with van der Waals surface area (Å²) in [6.07, 6.45) is -1.12. The van der Waals surface area contributed by atoms with Gasteiger partial charge in [-0.1, -0.05) is 11.6 Å². The van der Waals surface area contributed by atoms with Gasteiger partial charge >= 0.3 is 0 Å². The maximum Gasteiger partial charge on any atom is 0.266 e. The third-order valence-electron chi connectivity index (χ3n) is 4.79. The molecule has 0 amide bonds. The van der Waals surface area contributed by atoms with Crippen LogP contribution in [-0.4, -0.2) is 33.2 Å². The number of hydrogen-bond acceptors (Lipinski definition) is 8. The predicted octanol–water partition coefficient (Wildman–Crippen LogP) is 3.97. The second-order valence-electron chi connectivity index (χ2n) is 7.26. The number of sulfonamides is 1. The lowest BCUT2D eigenvalue weighted by Gasteiger charge is -2.26. The number of halogens is 3. The highest BCUT2D eigenvalue weighted by molar-refractivity contribution is 7.92. The normalized spacial score (nSPS) is 15.0. The minimum atomic E-state index is -4.27. The Morgan fingerprint density at radius 3 is 2.73 bits per heavy atom. The van der Waals surface area contributed by atoms with Gasteiger partial charge in [-0.2, -0.15) is 0 Å². The van der Waals surface area contributed by atoms with Gasteiger partial charge in [0.15, 0.2) is 5.82 Å². The highest BCUT2D eigenvalue weighted by Gasteiger charge is 2.24. The molecule has 0 unspecified atom stereocenters. The second kappa shape index (κ2) is 9.77. The van der Waals surface area contributed by atoms with Crippen molar-refractivity contribution in [3.8, 4) is 5.75 Å². The van der Waals surface area contributed by atoms with Crippen LogP contribution in [0.1, 0.15) is 11.7 Å². The molecule has 0 spiro atoms. The zero-order valence-electron chi connectivity index (χ0n) is 16.9. The number of ether oxygens (including phenoxy) is 2. The summed E-state index contributed by atoms with van der Waals surface area (Å²) < 4.78 is 66.9. The van der Waals surface area contributed by atoms with Crippen LogP contribution in [0.3, 0.4) is 0 Å². The Hall–Kier alpha value is -2.51. The van der Waals surface area contributed by atoms with E-state index in [9.17, 15) is 17.2 Å². The summed E-state index contributed by atoms with van der Waals surface area (Å²) in [5, 5.41) is 4.05. The minimum Gasteiger partial charge on any atom is -0.493 e. The molecule has 0 bridgehead atoms. The molecule has 1 aromatic heterocycles. The van der Waals surface area contributed by atoms with Gasteiger partial charge in [0.05, 0.1) is 36.0 Å². The number of aromatic nitrogens is 1. The summed E-state index contributed by atoms with van der Waals surface area (Å²) in [7, 11) is -4.27. The van der Waals surface area contributed by atoms with E-state index in [2.05, 4.69) is 15.0 Å². The molecule has 8 nitrogen and oxygen atoms in total. The number of benzene rings is 2. The molecule has 0 radical (unpaired) electrons. The van der Waals surface area contributed by atoms with Gasteiger partial charge < -0.3 is 20.5 Å². The Bertz CT molecular complexity index is 1240. The lowest BCUT2D eigenvalue weighted by molar-refractivity contribution is -0.0508. The van der Waals surface area contributed by atoms with Crippen LogP contribution in [0, 0.1) is 17.6 Å². The van der Waals surface area contributed by atoms with Crippen LogP contribution < -0.4 is 20.5 Å². The van der Waals surface area contributed by atoms with Crippen molar-refractivity contribution < 1.29 is 26.7 Å². The van der Waals surface area contributed by atoms with Crippen LogP contribution in [0.15, 0.2) is 46.1 Å². The quantitative estimate of drug-likeness (QED) is 0.368. The van der Waals surface area contributed by atoms with Crippen molar-refractivity contribution in [2.75, 3.05) is 29.9 Å². The molecule has 4 N–H and O–H groups in total. The van der Waals surface area contributed by atoms with Crippen molar-refractivity contribution in [3.05, 3.63) is 63.4 Å². The Morgan fingerprint density at radius 1 is 1.27 bits per heavy atom. The summed E-state index contributed by atoms with van der Waals surface area (Å²) in [6, 6.07) is 5.95. The van der Waals surface area contributed by atoms with Crippen molar-refractivity contribution in [2.24, 2.45) is 11.7 Å². The smallest absolute Gasteiger partial charge is 0.266 e. The van der Waals surface area contributed by atoms with E-state index in [0.717, 1.165) is 12.1 Å². The first-order valence-corrected chi connectivity index (χ1v) is 12.5. The first kappa shape index (κ1) is 23.6. The van der Waals surface area contributed by atoms with Gasteiger partial charge in [0.2, 0.25) is 0 Å². The fraction of sp³-hybridized carbons (Fsp3) is 0.250. The standard InChI is InChI=1S/C20H19ClF2N4O4S2/c21-14-4-18(33(28,29)27-19-9-32-10-25-19)16(23)5-17(14)26-20(24)13-3-12(1-2-15(13)22)31-8-11-6-30-7-11/h1-5,9-11,20,26-27H,6-8,24H2/t20-/m1/s1. The molecule has 176 valence electrons. The van der Waals surface area contributed by atoms with E-state index < -0.39 is 32.7 Å². The third-order valence-corrected chi connectivity index (χ3v) is 7.06. The van der Waals surface area contributed by atoms with Gasteiger partial charge in [-0.15, -0.1) is 11.3 Å². The molecule has 1 atom stereocenters. The van der Waals surface area contributed by atoms with Gasteiger partial charge in [-0.3, -0.25) is 4.72 Å². The molecule has 0 saturated carbocycles. The summed E-state index contributed by atoms with van der Waals surface area (Å²) >= 11 is 7.35. The highest BCUT2D eigenvalue weighted by Crippen LogP contribution is 2.32. The molecule has 13 heteroatoms. The van der Waals surface area contributed by atoms with E-state index in [1.54, 1.807) is 0 Å². The molecule has 0 aliphatic carbocycles. The van der Waals surface area contributed by atoms with Gasteiger partial charge in [0.25, 0.3) is 10.0 Å². The lowest BCUT2D eigenvalue weighted by atomic mass is 10.1. The van der Waals surface area contributed by atoms with Crippen LogP contribution in [0.2, 0.25) is 5.02 Å². The van der Waals surface area contributed by atoms with E-state index in [1.807, 2.05) is 0 Å². The molecule has 33 heavy (non-hydrogen) atoms. The van der Waals surface area contributed by atoms with Gasteiger partial charge in [0.1, 0.15) is 28.4 Å². The van der Waals surface area contributed by atoms with E-state index in [1.165, 1.54) is 40.4 Å². The molecule has 3 aromatic rings. The number of hydrogen-bond donors (Lipinski definition) is 3. The summed E-state index contributed by atoms with van der Waals surface area (Å²) in [5.74, 6) is -0.911. The average molecular weight is 517 g/mol. The molecule has 1 fully saturated rings. The summed E-state index contributed by atoms with van der Waals surface area (Å²) in [6.45, 7) is 1.66. The van der Waals surface area contributed by atoms with Crippen molar-refractivity contribution >= 4 is 44.5 Å². The monoisotopic (exact) mass is 516 g/mol. The molecule has 2 heterocycles. The molecule has 1 aliphatic heterocycles. The Balaban J connectivity index is 1.51. The fourth-order valence-electron chi connectivity index (χ4n) is 2.99. The second-order valence-corrected chi connectivity index (χ2v) is 10.0. The van der Waals surface area contributed by atoms with E-state index in [4.69, 9.17) is 26.8 Å². The Kier molecular flexibility index (Phi) is 7.00. The van der Waals surface area contributed by atoms with Gasteiger partial charge in [-0.25, -0.2) is 22.2 Å². The molecule has 1 aliphatic rings. The zero-order chi connectivity index (χ0) is 23.6. The number of nitrogens with two attached hydrogens (primary N) is 1. The van der Waals surface area contributed by atoms with Crippen molar-refractivity contribution in [1.82, 2.24) is 4.98 Å². The zero-order valence-corrected chi connectivity index (χ0v) is 19.3. The number of anilines is 2. The SMILES string of the molecule is N[C@H](Nc1cc(F)c(S(=O)(=O)Nc2cscn2)cc1Cl)c1cc(OCC2COC2)ccc1F. The van der Waals surface area contributed by atoms with Crippen LogP contribution in [-0.2, 0) is 14.8 Å². The largest absolute Gasteiger partial charge is 0.493 e. The number of nitrogens with zero attached hydrogens (tertiary/aromatic N) is 1. The number of nitrogens with one attached hydrogen (secondary N) is 2. The van der Waals surface area contributed by atoms with Gasteiger partial charge in [0, 0.05) is 16.9 Å². The highest BCUT2D eigenvalue weighted by atomic mass is 35.5. The van der Waals surface area contributed by atoms with E-state index in [0.29, 0.717) is 25.6 Å². The average Bonchev–Trinajstić information content (AvgIpc) is 3.22. The first-order chi connectivity index (χ1) is 15.7. The third kappa shape index (κ3) is 5.53. The van der Waals surface area contributed by atoms with E-state index in [-0.39, 0.29) is 28.0 Å². The molecule has 2 aromatic carbocycles. The fourth-order valence-corrected chi connectivity index (χ4v) is 4.92. The number of thiazole rings is 1. The van der Waals surface area contributed by atoms with E-state index >= 15 is 0 Å². The summed E-state index contributed by atoms with van der Waals surface area (Å²) in [4.78, 5) is 3.14. The topological polar surface area (TPSA) is 116 Å². The van der Waals surface area contributed by atoms with Crippen LogP contribution in [0.4, 0.5) is 20.3 Å². The molecule has 1 saturated heterocycles. The van der Waals surface area contributed by atoms with Crippen molar-refractivity contribution in [3.63, 3.8) is 0 Å². The number of rotatable bonds is 9. The van der Waals surface area contributed by atoms with Crippen LogP contribution in [0.5, 0.6) is 5.75 Å². The Morgan fingerprint density at radius 2 is 2.06 bits per heavy atom. The molecule has 4 rings (SSSR count). The maximum atomic E-state index is 14.7. The Labute approximate surface area is 197 Å². The van der Waals surface area contributed by atoms with Crippen molar-refractivity contribution in [1.29, 1.82) is 0 Å². The van der Waals surface area contributed by atoms with Crippen LogP contribution in [0.25, 0.3) is 0 Å².